The molecule has 0 fully saturated rings. The molecule has 0 saturated carbocycles. The van der Waals surface area contributed by atoms with Gasteiger partial charge in [0.2, 0.25) is 0 Å². The van der Waals surface area contributed by atoms with Gasteiger partial charge in [-0.05, 0) is 25.7 Å². The van der Waals surface area contributed by atoms with Crippen LogP contribution >= 0.6 is 0 Å². The van der Waals surface area contributed by atoms with Crippen LogP contribution in [-0.4, -0.2) is 12.1 Å². The maximum Gasteiger partial charge on any atom is 0.0886 e. The van der Waals surface area contributed by atoms with Crippen molar-refractivity contribution in [1.29, 1.82) is 10.5 Å². The highest BCUT2D eigenvalue weighted by molar-refractivity contribution is 4.93. The van der Waals surface area contributed by atoms with Crippen LogP contribution in [0.2, 0.25) is 0 Å². The molecule has 0 aliphatic rings. The van der Waals surface area contributed by atoms with E-state index in [1.165, 1.54) is 0 Å². The monoisotopic (exact) mass is 248 g/mol. The van der Waals surface area contributed by atoms with E-state index in [0.29, 0.717) is 0 Å². The summed E-state index contributed by atoms with van der Waals surface area (Å²) >= 11 is 0. The van der Waals surface area contributed by atoms with Crippen molar-refractivity contribution in [3.05, 3.63) is 0 Å². The lowest BCUT2D eigenvalue weighted by Gasteiger charge is -2.21. The summed E-state index contributed by atoms with van der Waals surface area (Å²) < 4.78 is 0. The second-order valence-electron chi connectivity index (χ2n) is 5.54. The maximum absolute atomic E-state index is 8.98. The highest BCUT2D eigenvalue weighted by Crippen LogP contribution is 2.21. The normalized spacial score (nSPS) is 18.3. The zero-order valence-corrected chi connectivity index (χ0v) is 12.3. The predicted octanol–water partition coefficient (Wildman–Crippen LogP) is 3.81. The Balaban J connectivity index is 4.95. The molecule has 0 spiro atoms. The smallest absolute Gasteiger partial charge is 0.0886 e. The second kappa shape index (κ2) is 7.82. The van der Waals surface area contributed by atoms with E-state index < -0.39 is 0 Å². The molecular weight excluding hydrogens is 224 g/mol. The third kappa shape index (κ3) is 4.84. The SMILES string of the molecule is CC(C)C(N=NC(C(C)C)C(C)C#N)C(C)C#N. The Kier molecular flexibility index (Phi) is 7.20. The molecule has 0 N–H and O–H groups in total. The predicted molar refractivity (Wildman–Crippen MR) is 71.7 cm³/mol. The quantitative estimate of drug-likeness (QED) is 0.670. The number of nitriles is 2. The zero-order valence-electron chi connectivity index (χ0n) is 12.3. The molecule has 0 radical (unpaired) electrons. The fraction of sp³-hybridized carbons (Fsp3) is 0.857. The lowest BCUT2D eigenvalue weighted by molar-refractivity contribution is 0.359. The van der Waals surface area contributed by atoms with Crippen molar-refractivity contribution in [3.63, 3.8) is 0 Å². The first-order valence-electron chi connectivity index (χ1n) is 6.54. The number of rotatable bonds is 6. The van der Waals surface area contributed by atoms with Crippen LogP contribution in [0.1, 0.15) is 41.5 Å². The van der Waals surface area contributed by atoms with Crippen molar-refractivity contribution >= 4 is 0 Å². The minimum Gasteiger partial charge on any atom is -0.198 e. The minimum atomic E-state index is -0.154. The van der Waals surface area contributed by atoms with Crippen molar-refractivity contribution in [2.75, 3.05) is 0 Å². The van der Waals surface area contributed by atoms with Crippen LogP contribution in [0.25, 0.3) is 0 Å². The van der Waals surface area contributed by atoms with Crippen LogP contribution in [0.3, 0.4) is 0 Å². The average Bonchev–Trinajstić information content (AvgIpc) is 2.31. The van der Waals surface area contributed by atoms with E-state index in [1.807, 2.05) is 41.5 Å². The number of nitrogens with zero attached hydrogens (tertiary/aromatic N) is 4. The van der Waals surface area contributed by atoms with E-state index in [2.05, 4.69) is 22.4 Å². The summed E-state index contributed by atoms with van der Waals surface area (Å²) in [5.74, 6) is 0.236. The van der Waals surface area contributed by atoms with Gasteiger partial charge in [0.05, 0.1) is 36.1 Å². The molecule has 0 aromatic carbocycles. The fourth-order valence-electron chi connectivity index (χ4n) is 1.93. The van der Waals surface area contributed by atoms with E-state index in [-0.39, 0.29) is 35.8 Å². The number of hydrogen-bond acceptors (Lipinski definition) is 4. The molecule has 0 amide bonds. The Morgan fingerprint density at radius 3 is 1.11 bits per heavy atom. The highest BCUT2D eigenvalue weighted by atomic mass is 15.1. The summed E-state index contributed by atoms with van der Waals surface area (Å²) in [4.78, 5) is 0. The highest BCUT2D eigenvalue weighted by Gasteiger charge is 2.23. The van der Waals surface area contributed by atoms with Gasteiger partial charge in [-0.15, -0.1) is 0 Å². The van der Waals surface area contributed by atoms with Crippen molar-refractivity contribution in [3.8, 4) is 12.1 Å². The van der Waals surface area contributed by atoms with Gasteiger partial charge < -0.3 is 0 Å². The molecule has 18 heavy (non-hydrogen) atoms. The minimum absolute atomic E-state index is 0.0952. The molecule has 0 aromatic rings. The van der Waals surface area contributed by atoms with Crippen molar-refractivity contribution < 1.29 is 0 Å². The Morgan fingerprint density at radius 1 is 0.667 bits per heavy atom. The topological polar surface area (TPSA) is 72.3 Å². The van der Waals surface area contributed by atoms with Crippen LogP contribution in [0.15, 0.2) is 10.2 Å². The van der Waals surface area contributed by atoms with Crippen molar-refractivity contribution in [2.24, 2.45) is 33.9 Å². The molecule has 0 aliphatic heterocycles. The summed E-state index contributed by atoms with van der Waals surface area (Å²) in [7, 11) is 0. The lowest BCUT2D eigenvalue weighted by atomic mass is 9.93. The summed E-state index contributed by atoms with van der Waals surface area (Å²) in [6.07, 6.45) is 0. The van der Waals surface area contributed by atoms with Crippen LogP contribution in [-0.2, 0) is 0 Å². The third-order valence-corrected chi connectivity index (χ3v) is 3.13. The van der Waals surface area contributed by atoms with Crippen LogP contribution in [0.5, 0.6) is 0 Å². The van der Waals surface area contributed by atoms with Gasteiger partial charge >= 0.3 is 0 Å². The zero-order chi connectivity index (χ0) is 14.3. The van der Waals surface area contributed by atoms with E-state index in [1.54, 1.807) is 0 Å². The van der Waals surface area contributed by atoms with Gasteiger partial charge in [-0.1, -0.05) is 27.7 Å². The molecule has 0 aliphatic carbocycles. The molecule has 100 valence electrons. The van der Waals surface area contributed by atoms with Gasteiger partial charge in [-0.3, -0.25) is 0 Å². The van der Waals surface area contributed by atoms with Crippen LogP contribution in [0, 0.1) is 46.3 Å². The standard InChI is InChI=1S/C14H24N4/c1-9(2)13(11(5)7-15)17-18-14(10(3)4)12(6)8-16/h9-14H,1-6H3. The van der Waals surface area contributed by atoms with Gasteiger partial charge in [0.25, 0.3) is 0 Å². The van der Waals surface area contributed by atoms with E-state index in [4.69, 9.17) is 10.5 Å². The molecule has 4 atom stereocenters. The third-order valence-electron chi connectivity index (χ3n) is 3.13. The molecule has 0 saturated heterocycles. The maximum atomic E-state index is 8.98. The fourth-order valence-corrected chi connectivity index (χ4v) is 1.93. The van der Waals surface area contributed by atoms with Gasteiger partial charge in [-0.2, -0.15) is 20.8 Å². The Hall–Kier alpha value is -1.42. The summed E-state index contributed by atoms with van der Waals surface area (Å²) in [6, 6.07) is 4.26. The van der Waals surface area contributed by atoms with Crippen LogP contribution < -0.4 is 0 Å². The molecule has 4 unspecified atom stereocenters. The Morgan fingerprint density at radius 2 is 0.944 bits per heavy atom. The van der Waals surface area contributed by atoms with Gasteiger partial charge in [0.1, 0.15) is 0 Å². The number of hydrogen-bond donors (Lipinski definition) is 0. The van der Waals surface area contributed by atoms with E-state index in [0.717, 1.165) is 0 Å². The van der Waals surface area contributed by atoms with Crippen molar-refractivity contribution in [2.45, 2.75) is 53.6 Å². The van der Waals surface area contributed by atoms with Crippen molar-refractivity contribution in [1.82, 2.24) is 0 Å². The second-order valence-corrected chi connectivity index (χ2v) is 5.54. The summed E-state index contributed by atoms with van der Waals surface area (Å²) in [5.41, 5.74) is 0. The van der Waals surface area contributed by atoms with Crippen LogP contribution in [0.4, 0.5) is 0 Å². The lowest BCUT2D eigenvalue weighted by Crippen LogP contribution is -2.24. The summed E-state index contributed by atoms with van der Waals surface area (Å²) in [6.45, 7) is 11.9. The van der Waals surface area contributed by atoms with Gasteiger partial charge in [0.15, 0.2) is 0 Å². The van der Waals surface area contributed by atoms with E-state index in [9.17, 15) is 0 Å². The molecule has 0 rings (SSSR count). The first kappa shape index (κ1) is 16.6. The Labute approximate surface area is 111 Å². The Bertz CT molecular complexity index is 312. The van der Waals surface area contributed by atoms with Gasteiger partial charge in [-0.25, -0.2) is 0 Å². The average molecular weight is 248 g/mol. The first-order valence-corrected chi connectivity index (χ1v) is 6.54. The number of azo groups is 1. The van der Waals surface area contributed by atoms with E-state index >= 15 is 0 Å². The molecule has 4 nitrogen and oxygen atoms in total. The molecule has 4 heteroatoms. The summed E-state index contributed by atoms with van der Waals surface area (Å²) in [5, 5.41) is 26.6. The van der Waals surface area contributed by atoms with Gasteiger partial charge in [0, 0.05) is 0 Å². The molecule has 0 aromatic heterocycles. The molecular formula is C14H24N4. The molecule has 0 heterocycles. The first-order chi connectivity index (χ1) is 8.34. The molecule has 0 bridgehead atoms. The largest absolute Gasteiger partial charge is 0.198 e.